The molecule has 1 amide bonds. The number of hydrogen-bond donors (Lipinski definition) is 1. The summed E-state index contributed by atoms with van der Waals surface area (Å²) in [5.74, 6) is -0.698. The van der Waals surface area contributed by atoms with Crippen molar-refractivity contribution in [1.82, 2.24) is 9.97 Å². The topological polar surface area (TPSA) is 54.9 Å². The van der Waals surface area contributed by atoms with Crippen molar-refractivity contribution in [2.24, 2.45) is 0 Å². The Morgan fingerprint density at radius 2 is 1.70 bits per heavy atom. The van der Waals surface area contributed by atoms with Gasteiger partial charge >= 0.3 is 6.18 Å². The minimum atomic E-state index is -4.60. The Hall–Kier alpha value is -3.45. The first-order chi connectivity index (χ1) is 14.3. The number of anilines is 1. The van der Waals surface area contributed by atoms with Crippen molar-refractivity contribution >= 4 is 34.1 Å². The predicted octanol–water partition coefficient (Wildman–Crippen LogP) is 6.22. The van der Waals surface area contributed by atoms with Crippen molar-refractivity contribution in [2.75, 3.05) is 5.32 Å². The number of amides is 1. The van der Waals surface area contributed by atoms with E-state index in [1.165, 1.54) is 24.3 Å². The van der Waals surface area contributed by atoms with Crippen molar-refractivity contribution in [1.29, 1.82) is 0 Å². The molecule has 8 heteroatoms. The molecule has 30 heavy (non-hydrogen) atoms. The van der Waals surface area contributed by atoms with Crippen LogP contribution < -0.4 is 5.32 Å². The molecule has 150 valence electrons. The van der Waals surface area contributed by atoms with Crippen LogP contribution in [0.2, 0.25) is 5.02 Å². The zero-order chi connectivity index (χ0) is 21.3. The number of hydrogen-bond acceptors (Lipinski definition) is 3. The van der Waals surface area contributed by atoms with Gasteiger partial charge in [0.25, 0.3) is 5.91 Å². The molecule has 4 nitrogen and oxygen atoms in total. The number of para-hydroxylation sites is 2. The minimum absolute atomic E-state index is 0.159. The van der Waals surface area contributed by atoms with Crippen LogP contribution in [0.5, 0.6) is 0 Å². The van der Waals surface area contributed by atoms with E-state index in [2.05, 4.69) is 15.3 Å². The first kappa shape index (κ1) is 19.8. The summed E-state index contributed by atoms with van der Waals surface area (Å²) in [6.45, 7) is 0. The van der Waals surface area contributed by atoms with Crippen LogP contribution in [-0.2, 0) is 6.18 Å². The quantitative estimate of drug-likeness (QED) is 0.422. The third-order valence-electron chi connectivity index (χ3n) is 4.49. The van der Waals surface area contributed by atoms with Gasteiger partial charge in [-0.15, -0.1) is 0 Å². The maximum Gasteiger partial charge on any atom is 0.418 e. The second-order valence-corrected chi connectivity index (χ2v) is 6.83. The van der Waals surface area contributed by atoms with Crippen LogP contribution in [0, 0.1) is 0 Å². The number of halogens is 4. The molecule has 1 N–H and O–H groups in total. The van der Waals surface area contributed by atoms with Crippen LogP contribution in [0.4, 0.5) is 18.9 Å². The molecule has 0 atom stereocenters. The monoisotopic (exact) mass is 427 g/mol. The van der Waals surface area contributed by atoms with Gasteiger partial charge in [0.1, 0.15) is 0 Å². The summed E-state index contributed by atoms with van der Waals surface area (Å²) in [6, 6.07) is 14.7. The number of aromatic nitrogens is 2. The van der Waals surface area contributed by atoms with Gasteiger partial charge in [-0.25, -0.2) is 4.98 Å². The molecular weight excluding hydrogens is 415 g/mol. The lowest BCUT2D eigenvalue weighted by Crippen LogP contribution is -2.17. The summed E-state index contributed by atoms with van der Waals surface area (Å²) < 4.78 is 39.9. The average molecular weight is 428 g/mol. The molecule has 0 unspecified atom stereocenters. The number of carbonyl (C=O) groups is 1. The van der Waals surface area contributed by atoms with Crippen LogP contribution in [0.1, 0.15) is 15.9 Å². The molecule has 2 heterocycles. The van der Waals surface area contributed by atoms with Crippen molar-refractivity contribution in [3.05, 3.63) is 89.2 Å². The van der Waals surface area contributed by atoms with Crippen molar-refractivity contribution < 1.29 is 18.0 Å². The summed E-state index contributed by atoms with van der Waals surface area (Å²) in [5.41, 5.74) is 0.425. The Kier molecular flexibility index (Phi) is 5.13. The zero-order valence-electron chi connectivity index (χ0n) is 15.2. The van der Waals surface area contributed by atoms with Gasteiger partial charge in [-0.3, -0.25) is 9.78 Å². The second-order valence-electron chi connectivity index (χ2n) is 6.42. The minimum Gasteiger partial charge on any atom is -0.321 e. The summed E-state index contributed by atoms with van der Waals surface area (Å²) in [6.07, 6.45) is -1.45. The van der Waals surface area contributed by atoms with Crippen molar-refractivity contribution in [2.45, 2.75) is 6.18 Å². The van der Waals surface area contributed by atoms with Crippen LogP contribution in [0.25, 0.3) is 22.2 Å². The van der Waals surface area contributed by atoms with Crippen LogP contribution in [-0.4, -0.2) is 15.9 Å². The lowest BCUT2D eigenvalue weighted by atomic mass is 10.0. The number of benzene rings is 2. The molecule has 4 aromatic rings. The second kappa shape index (κ2) is 7.76. The van der Waals surface area contributed by atoms with E-state index in [-0.39, 0.29) is 11.3 Å². The van der Waals surface area contributed by atoms with Crippen LogP contribution >= 0.6 is 11.6 Å². The highest BCUT2D eigenvalue weighted by Crippen LogP contribution is 2.35. The molecule has 0 bridgehead atoms. The summed E-state index contributed by atoms with van der Waals surface area (Å²) in [7, 11) is 0. The fourth-order valence-electron chi connectivity index (χ4n) is 3.10. The van der Waals surface area contributed by atoms with E-state index in [1.54, 1.807) is 42.7 Å². The Balaban J connectivity index is 1.85. The van der Waals surface area contributed by atoms with E-state index < -0.39 is 17.6 Å². The maximum absolute atomic E-state index is 13.3. The Labute approximate surface area is 174 Å². The smallest absolute Gasteiger partial charge is 0.321 e. The molecule has 0 radical (unpaired) electrons. The fourth-order valence-corrected chi connectivity index (χ4v) is 3.32. The summed E-state index contributed by atoms with van der Waals surface area (Å²) in [4.78, 5) is 21.5. The van der Waals surface area contributed by atoms with Gasteiger partial charge < -0.3 is 5.32 Å². The number of rotatable bonds is 3. The summed E-state index contributed by atoms with van der Waals surface area (Å²) in [5, 5.41) is 3.14. The van der Waals surface area contributed by atoms with Gasteiger partial charge in [0.15, 0.2) is 0 Å². The van der Waals surface area contributed by atoms with E-state index in [4.69, 9.17) is 11.6 Å². The molecular formula is C22H13ClF3N3O. The molecule has 4 rings (SSSR count). The van der Waals surface area contributed by atoms with E-state index in [0.717, 1.165) is 6.07 Å². The number of nitrogens with zero attached hydrogens (tertiary/aromatic N) is 2. The van der Waals surface area contributed by atoms with Crippen molar-refractivity contribution in [3.63, 3.8) is 0 Å². The third kappa shape index (κ3) is 3.84. The first-order valence-corrected chi connectivity index (χ1v) is 9.19. The fraction of sp³-hybridized carbons (Fsp3) is 0.0455. The Morgan fingerprint density at radius 1 is 0.967 bits per heavy atom. The predicted molar refractivity (Wildman–Crippen MR) is 109 cm³/mol. The number of alkyl halides is 3. The van der Waals surface area contributed by atoms with Gasteiger partial charge in [0, 0.05) is 23.3 Å². The van der Waals surface area contributed by atoms with E-state index in [0.29, 0.717) is 27.2 Å². The lowest BCUT2D eigenvalue weighted by Gasteiger charge is -2.15. The van der Waals surface area contributed by atoms with Crippen LogP contribution in [0.15, 0.2) is 73.1 Å². The summed E-state index contributed by atoms with van der Waals surface area (Å²) >= 11 is 6.28. The van der Waals surface area contributed by atoms with E-state index in [9.17, 15) is 18.0 Å². The Morgan fingerprint density at radius 3 is 2.43 bits per heavy atom. The molecule has 0 fully saturated rings. The van der Waals surface area contributed by atoms with E-state index >= 15 is 0 Å². The Bertz CT molecular complexity index is 1240. The largest absolute Gasteiger partial charge is 0.418 e. The molecule has 0 aliphatic heterocycles. The zero-order valence-corrected chi connectivity index (χ0v) is 16.0. The molecule has 0 saturated heterocycles. The number of carbonyl (C=O) groups excluding carboxylic acids is 1. The SMILES string of the molecule is O=C(Nc1ccccc1C(F)(F)F)c1cc(-c2ccncc2)nc2c(Cl)cccc12. The van der Waals surface area contributed by atoms with Gasteiger partial charge in [-0.1, -0.05) is 35.9 Å². The van der Waals surface area contributed by atoms with Gasteiger partial charge in [0.05, 0.1) is 33.0 Å². The standard InChI is InChI=1S/C22H13ClF3N3O/c23-17-6-3-4-14-15(12-19(28-20(14)17)13-8-10-27-11-9-13)21(30)29-18-7-2-1-5-16(18)22(24,25)26/h1-12H,(H,29,30). The van der Waals surface area contributed by atoms with Gasteiger partial charge in [-0.05, 0) is 36.4 Å². The van der Waals surface area contributed by atoms with Gasteiger partial charge in [-0.2, -0.15) is 13.2 Å². The molecule has 0 spiro atoms. The highest BCUT2D eigenvalue weighted by Gasteiger charge is 2.33. The highest BCUT2D eigenvalue weighted by molar-refractivity contribution is 6.35. The van der Waals surface area contributed by atoms with E-state index in [1.807, 2.05) is 0 Å². The highest BCUT2D eigenvalue weighted by atomic mass is 35.5. The molecule has 0 saturated carbocycles. The lowest BCUT2D eigenvalue weighted by molar-refractivity contribution is -0.136. The maximum atomic E-state index is 13.3. The molecule has 0 aliphatic carbocycles. The number of nitrogens with one attached hydrogen (secondary N) is 1. The number of fused-ring (bicyclic) bond motifs is 1. The molecule has 0 aliphatic rings. The number of pyridine rings is 2. The third-order valence-corrected chi connectivity index (χ3v) is 4.80. The van der Waals surface area contributed by atoms with Crippen LogP contribution in [0.3, 0.4) is 0 Å². The molecule has 2 aromatic carbocycles. The normalized spacial score (nSPS) is 11.5. The average Bonchev–Trinajstić information content (AvgIpc) is 2.73. The van der Waals surface area contributed by atoms with Gasteiger partial charge in [0.2, 0.25) is 0 Å². The molecule has 2 aromatic heterocycles. The van der Waals surface area contributed by atoms with Crippen molar-refractivity contribution in [3.8, 4) is 11.3 Å². The first-order valence-electron chi connectivity index (χ1n) is 8.82.